The van der Waals surface area contributed by atoms with Crippen molar-refractivity contribution in [3.05, 3.63) is 83.0 Å². The molecule has 0 aliphatic rings. The molecule has 0 saturated carbocycles. The minimum absolute atomic E-state index is 0.242. The molecule has 0 heterocycles. The molecule has 0 amide bonds. The average molecular weight is 372 g/mol. The third-order valence-electron chi connectivity index (χ3n) is 3.55. The molecule has 2 atom stereocenters. The van der Waals surface area contributed by atoms with Crippen LogP contribution in [0.25, 0.3) is 0 Å². The monoisotopic (exact) mass is 372 g/mol. The maximum absolute atomic E-state index is 11.0. The Morgan fingerprint density at radius 2 is 1.59 bits per heavy atom. The van der Waals surface area contributed by atoms with Gasteiger partial charge in [-0.15, -0.1) is 0 Å². The molecule has 0 aromatic rings. The fraction of sp³-hybridized carbons (Fsp3) is 0.409. The highest BCUT2D eigenvalue weighted by atomic mass is 16.6. The first-order valence-electron chi connectivity index (χ1n) is 9.25. The summed E-state index contributed by atoms with van der Waals surface area (Å²) in [6.45, 7) is 1.96. The zero-order valence-corrected chi connectivity index (χ0v) is 15.9. The first-order valence-corrected chi connectivity index (χ1v) is 9.25. The van der Waals surface area contributed by atoms with Crippen LogP contribution in [0.2, 0.25) is 0 Å². The third kappa shape index (κ3) is 15.4. The van der Waals surface area contributed by atoms with E-state index in [0.717, 1.165) is 19.3 Å². The first-order chi connectivity index (χ1) is 13.1. The van der Waals surface area contributed by atoms with Crippen LogP contribution in [0.3, 0.4) is 0 Å². The largest absolute Gasteiger partial charge is 0.386 e. The molecule has 0 spiro atoms. The Morgan fingerprint density at radius 3 is 2.22 bits per heavy atom. The molecule has 0 saturated heterocycles. The summed E-state index contributed by atoms with van der Waals surface area (Å²) < 4.78 is 0. The van der Waals surface area contributed by atoms with E-state index in [4.69, 9.17) is 0 Å². The maximum Gasteiger partial charge on any atom is 0.242 e. The van der Waals surface area contributed by atoms with Gasteiger partial charge in [0.15, 0.2) is 6.29 Å². The van der Waals surface area contributed by atoms with Crippen molar-refractivity contribution < 1.29 is 14.8 Å². The Hall–Kier alpha value is -2.53. The van der Waals surface area contributed by atoms with E-state index in [1.807, 2.05) is 67.9 Å². The van der Waals surface area contributed by atoms with E-state index in [1.54, 1.807) is 18.2 Å². The number of hydrogen-bond acceptors (Lipinski definition) is 4. The smallest absolute Gasteiger partial charge is 0.242 e. The molecular weight excluding hydrogens is 342 g/mol. The lowest BCUT2D eigenvalue weighted by Crippen LogP contribution is -2.32. The SMILES string of the molecule is CC/C=C\CC(C(O)C\C=C/C=C\C=C/C=C\C/C=C\CC[C]=O)[N+](=O)[O-]. The van der Waals surface area contributed by atoms with Gasteiger partial charge < -0.3 is 5.11 Å². The van der Waals surface area contributed by atoms with Gasteiger partial charge in [0, 0.05) is 17.8 Å². The lowest BCUT2D eigenvalue weighted by molar-refractivity contribution is -0.533. The molecular formula is C22H30NO4. The molecule has 0 rings (SSSR count). The van der Waals surface area contributed by atoms with Crippen molar-refractivity contribution in [3.63, 3.8) is 0 Å². The lowest BCUT2D eigenvalue weighted by Gasteiger charge is -2.12. The first kappa shape index (κ1) is 24.5. The summed E-state index contributed by atoms with van der Waals surface area (Å²) in [4.78, 5) is 20.6. The number of nitro groups is 1. The summed E-state index contributed by atoms with van der Waals surface area (Å²) in [5, 5.41) is 21.0. The van der Waals surface area contributed by atoms with Crippen molar-refractivity contribution in [2.24, 2.45) is 0 Å². The molecule has 1 N–H and O–H groups in total. The Bertz CT molecular complexity index is 571. The molecule has 0 aliphatic heterocycles. The molecule has 147 valence electrons. The molecule has 0 bridgehead atoms. The van der Waals surface area contributed by atoms with Crippen molar-refractivity contribution in [1.82, 2.24) is 0 Å². The predicted molar refractivity (Wildman–Crippen MR) is 111 cm³/mol. The van der Waals surface area contributed by atoms with E-state index >= 15 is 0 Å². The van der Waals surface area contributed by atoms with Gasteiger partial charge in [-0.2, -0.15) is 0 Å². The quantitative estimate of drug-likeness (QED) is 0.147. The number of hydrogen-bond donors (Lipinski definition) is 1. The second-order valence-electron chi connectivity index (χ2n) is 5.79. The summed E-state index contributed by atoms with van der Waals surface area (Å²) in [6.07, 6.45) is 26.6. The summed E-state index contributed by atoms with van der Waals surface area (Å²) in [5.41, 5.74) is 0. The zero-order valence-electron chi connectivity index (χ0n) is 15.9. The Kier molecular flexibility index (Phi) is 16.6. The summed E-state index contributed by atoms with van der Waals surface area (Å²) >= 11 is 0. The van der Waals surface area contributed by atoms with E-state index in [-0.39, 0.29) is 12.8 Å². The van der Waals surface area contributed by atoms with Gasteiger partial charge in [-0.05, 0) is 25.7 Å². The van der Waals surface area contributed by atoms with Crippen LogP contribution in [0.15, 0.2) is 72.9 Å². The standard InChI is InChI=1S/C22H30NO4/c1-2-3-15-18-21(23(26)27)22(25)19-16-13-11-9-7-5-4-6-8-10-12-14-17-20-24/h3-7,9-13,15-16,21-22,25H,2,8,14,17-19H2,1H3/b6-4-,7-5-,11-9-,12-10-,15-3-,16-13-. The van der Waals surface area contributed by atoms with E-state index in [1.165, 1.54) is 0 Å². The van der Waals surface area contributed by atoms with Crippen molar-refractivity contribution in [3.8, 4) is 0 Å². The molecule has 2 unspecified atom stereocenters. The van der Waals surface area contributed by atoms with Gasteiger partial charge in [-0.3, -0.25) is 14.9 Å². The van der Waals surface area contributed by atoms with E-state index < -0.39 is 17.1 Å². The predicted octanol–water partition coefficient (Wildman–Crippen LogP) is 4.80. The number of aliphatic hydroxyl groups excluding tert-OH is 1. The van der Waals surface area contributed by atoms with Crippen LogP contribution in [-0.4, -0.2) is 28.5 Å². The van der Waals surface area contributed by atoms with Gasteiger partial charge in [0.2, 0.25) is 6.04 Å². The molecule has 1 radical (unpaired) electrons. The summed E-state index contributed by atoms with van der Waals surface area (Å²) in [6, 6.07) is -0.975. The number of nitrogens with zero attached hydrogens (tertiary/aromatic N) is 1. The fourth-order valence-corrected chi connectivity index (χ4v) is 2.09. The minimum Gasteiger partial charge on any atom is -0.386 e. The fourth-order valence-electron chi connectivity index (χ4n) is 2.09. The van der Waals surface area contributed by atoms with Crippen LogP contribution in [0.4, 0.5) is 0 Å². The maximum atomic E-state index is 11.0. The van der Waals surface area contributed by atoms with Gasteiger partial charge in [-0.25, -0.2) is 0 Å². The normalized spacial score (nSPS) is 15.2. The van der Waals surface area contributed by atoms with Crippen molar-refractivity contribution in [2.75, 3.05) is 0 Å². The summed E-state index contributed by atoms with van der Waals surface area (Å²) in [5.74, 6) is 0. The van der Waals surface area contributed by atoms with Crippen molar-refractivity contribution in [1.29, 1.82) is 0 Å². The number of unbranched alkanes of at least 4 members (excludes halogenated alkanes) is 1. The van der Waals surface area contributed by atoms with Crippen LogP contribution in [0.1, 0.15) is 45.4 Å². The van der Waals surface area contributed by atoms with E-state index in [2.05, 4.69) is 0 Å². The highest BCUT2D eigenvalue weighted by Gasteiger charge is 2.27. The average Bonchev–Trinajstić information content (AvgIpc) is 2.65. The van der Waals surface area contributed by atoms with Crippen LogP contribution < -0.4 is 0 Å². The highest BCUT2D eigenvalue weighted by molar-refractivity contribution is 5.50. The van der Waals surface area contributed by atoms with Crippen LogP contribution in [-0.2, 0) is 4.79 Å². The molecule has 5 nitrogen and oxygen atoms in total. The van der Waals surface area contributed by atoms with Gasteiger partial charge in [0.05, 0.1) is 0 Å². The zero-order chi connectivity index (χ0) is 20.2. The van der Waals surface area contributed by atoms with Gasteiger partial charge in [0.1, 0.15) is 6.10 Å². The molecule has 0 aliphatic carbocycles. The Balaban J connectivity index is 4.11. The summed E-state index contributed by atoms with van der Waals surface area (Å²) in [7, 11) is 0. The van der Waals surface area contributed by atoms with Crippen LogP contribution in [0.5, 0.6) is 0 Å². The molecule has 0 aromatic heterocycles. The lowest BCUT2D eigenvalue weighted by atomic mass is 10.0. The minimum atomic E-state index is -0.998. The second-order valence-corrected chi connectivity index (χ2v) is 5.79. The molecule has 0 aromatic carbocycles. The number of carbonyl (C=O) groups excluding carboxylic acids is 1. The number of allylic oxidation sites excluding steroid dienone is 10. The molecule has 0 fully saturated rings. The van der Waals surface area contributed by atoms with E-state index in [9.17, 15) is 20.0 Å². The van der Waals surface area contributed by atoms with Crippen molar-refractivity contribution in [2.45, 2.75) is 57.6 Å². The van der Waals surface area contributed by atoms with Gasteiger partial charge in [0.25, 0.3) is 0 Å². The van der Waals surface area contributed by atoms with Crippen LogP contribution >= 0.6 is 0 Å². The van der Waals surface area contributed by atoms with Crippen LogP contribution in [0, 0.1) is 10.1 Å². The third-order valence-corrected chi connectivity index (χ3v) is 3.55. The van der Waals surface area contributed by atoms with Gasteiger partial charge in [-0.1, -0.05) is 79.8 Å². The molecule has 5 heteroatoms. The highest BCUT2D eigenvalue weighted by Crippen LogP contribution is 2.09. The van der Waals surface area contributed by atoms with Gasteiger partial charge >= 0.3 is 0 Å². The topological polar surface area (TPSA) is 80.4 Å². The second kappa shape index (κ2) is 18.3. The number of rotatable bonds is 15. The van der Waals surface area contributed by atoms with E-state index in [0.29, 0.717) is 6.42 Å². The van der Waals surface area contributed by atoms with Crippen molar-refractivity contribution >= 4 is 6.29 Å². The number of aliphatic hydroxyl groups is 1. The Labute approximate surface area is 162 Å². The Morgan fingerprint density at radius 1 is 0.926 bits per heavy atom. The molecule has 27 heavy (non-hydrogen) atoms.